The third-order valence-corrected chi connectivity index (χ3v) is 4.62. The summed E-state index contributed by atoms with van der Waals surface area (Å²) in [6, 6.07) is 5.46. The van der Waals surface area contributed by atoms with E-state index in [0.29, 0.717) is 17.1 Å². The first-order valence-corrected chi connectivity index (χ1v) is 7.92. The molecule has 0 saturated carbocycles. The van der Waals surface area contributed by atoms with Gasteiger partial charge in [0.1, 0.15) is 12.2 Å². The summed E-state index contributed by atoms with van der Waals surface area (Å²) in [6.45, 7) is 1.64. The number of ether oxygens (including phenoxy) is 1. The van der Waals surface area contributed by atoms with Gasteiger partial charge < -0.3 is 9.30 Å². The number of rotatable bonds is 4. The van der Waals surface area contributed by atoms with E-state index in [2.05, 4.69) is 15.1 Å². The maximum absolute atomic E-state index is 11.7. The van der Waals surface area contributed by atoms with Gasteiger partial charge in [0.05, 0.1) is 18.7 Å². The van der Waals surface area contributed by atoms with Crippen molar-refractivity contribution in [2.24, 2.45) is 7.05 Å². The quantitative estimate of drug-likeness (QED) is 0.804. The summed E-state index contributed by atoms with van der Waals surface area (Å²) in [5, 5.41) is 8.86. The molecule has 0 aliphatic carbocycles. The van der Waals surface area contributed by atoms with E-state index >= 15 is 0 Å². The van der Waals surface area contributed by atoms with Crippen LogP contribution in [-0.4, -0.2) is 39.3 Å². The topological polar surface area (TPSA) is 60.2 Å². The number of benzene rings is 1. The second kappa shape index (κ2) is 6.68. The number of hydrogen-bond acceptors (Lipinski definition) is 5. The van der Waals surface area contributed by atoms with E-state index in [1.165, 1.54) is 7.11 Å². The van der Waals surface area contributed by atoms with Gasteiger partial charge in [-0.2, -0.15) is 0 Å². The third-order valence-electron chi connectivity index (χ3n) is 4.25. The Morgan fingerprint density at radius 3 is 3.00 bits per heavy atom. The van der Waals surface area contributed by atoms with Crippen molar-refractivity contribution in [1.29, 1.82) is 0 Å². The standard InChI is InChI=1S/C16H19ClN4O2/c1-20-10-18-19-15(20)14-4-3-7-21(14)9-12-8-11(16(22)23-2)5-6-13(12)17/h5-6,8,10,14H,3-4,7,9H2,1-2H3/t14-/m1/s1. The molecule has 1 atom stereocenters. The lowest BCUT2D eigenvalue weighted by Gasteiger charge is -2.24. The molecule has 1 saturated heterocycles. The van der Waals surface area contributed by atoms with Crippen LogP contribution in [0.5, 0.6) is 0 Å². The highest BCUT2D eigenvalue weighted by Crippen LogP contribution is 2.33. The van der Waals surface area contributed by atoms with Crippen LogP contribution in [-0.2, 0) is 18.3 Å². The number of carbonyl (C=O) groups is 1. The first-order valence-electron chi connectivity index (χ1n) is 7.55. The van der Waals surface area contributed by atoms with Crippen LogP contribution in [0.1, 0.15) is 40.6 Å². The molecule has 23 heavy (non-hydrogen) atoms. The Balaban J connectivity index is 1.83. The maximum Gasteiger partial charge on any atom is 0.337 e. The summed E-state index contributed by atoms with van der Waals surface area (Å²) in [7, 11) is 3.33. The summed E-state index contributed by atoms with van der Waals surface area (Å²) in [6.07, 6.45) is 3.86. The van der Waals surface area contributed by atoms with Crippen LogP contribution in [0, 0.1) is 0 Å². The van der Waals surface area contributed by atoms with Gasteiger partial charge in [-0.25, -0.2) is 4.79 Å². The van der Waals surface area contributed by atoms with Crippen LogP contribution in [0.25, 0.3) is 0 Å². The van der Waals surface area contributed by atoms with Gasteiger partial charge in [-0.05, 0) is 43.1 Å². The molecule has 1 aliphatic rings. The second-order valence-electron chi connectivity index (χ2n) is 5.73. The average Bonchev–Trinajstić information content (AvgIpc) is 3.17. The van der Waals surface area contributed by atoms with E-state index in [4.69, 9.17) is 16.3 Å². The van der Waals surface area contributed by atoms with Crippen molar-refractivity contribution in [2.75, 3.05) is 13.7 Å². The Hall–Kier alpha value is -1.92. The zero-order chi connectivity index (χ0) is 16.4. The maximum atomic E-state index is 11.7. The van der Waals surface area contributed by atoms with Gasteiger partial charge in [0.25, 0.3) is 0 Å². The van der Waals surface area contributed by atoms with E-state index in [0.717, 1.165) is 30.8 Å². The number of aryl methyl sites for hydroxylation is 1. The number of carbonyl (C=O) groups excluding carboxylic acids is 1. The molecule has 2 heterocycles. The van der Waals surface area contributed by atoms with E-state index in [-0.39, 0.29) is 12.0 Å². The third kappa shape index (κ3) is 3.23. The molecule has 0 spiro atoms. The predicted octanol–water partition coefficient (Wildman–Crippen LogP) is 2.59. The smallest absolute Gasteiger partial charge is 0.337 e. The number of likely N-dealkylation sites (tertiary alicyclic amines) is 1. The summed E-state index contributed by atoms with van der Waals surface area (Å²) in [5.74, 6) is 0.608. The molecule has 1 aromatic heterocycles. The van der Waals surface area contributed by atoms with Crippen molar-refractivity contribution < 1.29 is 9.53 Å². The number of aromatic nitrogens is 3. The molecule has 1 fully saturated rings. The molecule has 1 aliphatic heterocycles. The zero-order valence-corrected chi connectivity index (χ0v) is 14.0. The normalized spacial score (nSPS) is 18.3. The number of halogens is 1. The fraction of sp³-hybridized carbons (Fsp3) is 0.438. The lowest BCUT2D eigenvalue weighted by molar-refractivity contribution is 0.0600. The molecular formula is C16H19ClN4O2. The highest BCUT2D eigenvalue weighted by atomic mass is 35.5. The fourth-order valence-corrected chi connectivity index (χ4v) is 3.24. The van der Waals surface area contributed by atoms with Gasteiger partial charge in [-0.1, -0.05) is 11.6 Å². The van der Waals surface area contributed by atoms with Crippen molar-refractivity contribution in [3.05, 3.63) is 46.5 Å². The fourth-order valence-electron chi connectivity index (χ4n) is 3.06. The van der Waals surface area contributed by atoms with Crippen molar-refractivity contribution in [1.82, 2.24) is 19.7 Å². The molecule has 3 rings (SSSR count). The summed E-state index contributed by atoms with van der Waals surface area (Å²) >= 11 is 6.31. The van der Waals surface area contributed by atoms with E-state index in [1.807, 2.05) is 11.6 Å². The minimum Gasteiger partial charge on any atom is -0.465 e. The molecule has 0 bridgehead atoms. The van der Waals surface area contributed by atoms with Crippen LogP contribution in [0.15, 0.2) is 24.5 Å². The molecule has 0 radical (unpaired) electrons. The van der Waals surface area contributed by atoms with Gasteiger partial charge in [0.15, 0.2) is 0 Å². The largest absolute Gasteiger partial charge is 0.465 e. The first kappa shape index (κ1) is 16.0. The Kier molecular flexibility index (Phi) is 4.63. The number of esters is 1. The molecule has 7 heteroatoms. The van der Waals surface area contributed by atoms with Gasteiger partial charge in [-0.15, -0.1) is 10.2 Å². The minimum absolute atomic E-state index is 0.223. The number of nitrogens with zero attached hydrogens (tertiary/aromatic N) is 4. The Bertz CT molecular complexity index is 716. The molecule has 0 unspecified atom stereocenters. The van der Waals surface area contributed by atoms with E-state index in [9.17, 15) is 4.79 Å². The SMILES string of the molecule is COC(=O)c1ccc(Cl)c(CN2CCC[C@@H]2c2nncn2C)c1. The highest BCUT2D eigenvalue weighted by molar-refractivity contribution is 6.31. The lowest BCUT2D eigenvalue weighted by Crippen LogP contribution is -2.25. The van der Waals surface area contributed by atoms with Crippen LogP contribution < -0.4 is 0 Å². The second-order valence-corrected chi connectivity index (χ2v) is 6.13. The van der Waals surface area contributed by atoms with Crippen molar-refractivity contribution in [3.8, 4) is 0 Å². The Morgan fingerprint density at radius 2 is 2.30 bits per heavy atom. The van der Waals surface area contributed by atoms with E-state index in [1.54, 1.807) is 24.5 Å². The molecule has 0 N–H and O–H groups in total. The van der Waals surface area contributed by atoms with Crippen LogP contribution in [0.4, 0.5) is 0 Å². The molecule has 122 valence electrons. The molecule has 0 amide bonds. The first-order chi connectivity index (χ1) is 11.1. The summed E-state index contributed by atoms with van der Waals surface area (Å²) in [5.41, 5.74) is 1.44. The van der Waals surface area contributed by atoms with Crippen LogP contribution in [0.2, 0.25) is 5.02 Å². The minimum atomic E-state index is -0.353. The number of hydrogen-bond donors (Lipinski definition) is 0. The summed E-state index contributed by atoms with van der Waals surface area (Å²) < 4.78 is 6.73. The molecular weight excluding hydrogens is 316 g/mol. The van der Waals surface area contributed by atoms with Crippen LogP contribution >= 0.6 is 11.6 Å². The zero-order valence-electron chi connectivity index (χ0n) is 13.2. The molecule has 2 aromatic rings. The van der Waals surface area contributed by atoms with Gasteiger partial charge in [-0.3, -0.25) is 4.90 Å². The van der Waals surface area contributed by atoms with Crippen molar-refractivity contribution >= 4 is 17.6 Å². The van der Waals surface area contributed by atoms with E-state index < -0.39 is 0 Å². The van der Waals surface area contributed by atoms with Gasteiger partial charge in [0.2, 0.25) is 0 Å². The van der Waals surface area contributed by atoms with Crippen molar-refractivity contribution in [3.63, 3.8) is 0 Å². The Morgan fingerprint density at radius 1 is 1.48 bits per heavy atom. The van der Waals surface area contributed by atoms with Gasteiger partial charge in [0, 0.05) is 18.6 Å². The number of methoxy groups -OCH3 is 1. The Labute approximate surface area is 140 Å². The van der Waals surface area contributed by atoms with Crippen molar-refractivity contribution in [2.45, 2.75) is 25.4 Å². The van der Waals surface area contributed by atoms with Crippen LogP contribution in [0.3, 0.4) is 0 Å². The highest BCUT2D eigenvalue weighted by Gasteiger charge is 2.29. The predicted molar refractivity (Wildman–Crippen MR) is 86.2 cm³/mol. The average molecular weight is 335 g/mol. The summed E-state index contributed by atoms with van der Waals surface area (Å²) in [4.78, 5) is 14.0. The molecule has 1 aromatic carbocycles. The van der Waals surface area contributed by atoms with Gasteiger partial charge >= 0.3 is 5.97 Å². The molecule has 6 nitrogen and oxygen atoms in total. The monoisotopic (exact) mass is 334 g/mol. The lowest BCUT2D eigenvalue weighted by atomic mass is 10.1.